The molecule has 3 aromatic carbocycles. The quantitative estimate of drug-likeness (QED) is 0.251. The Bertz CT molecular complexity index is 1580. The van der Waals surface area contributed by atoms with Crippen LogP contribution in [0.3, 0.4) is 0 Å². The molecule has 0 unspecified atom stereocenters. The van der Waals surface area contributed by atoms with E-state index < -0.39 is 0 Å². The van der Waals surface area contributed by atoms with Gasteiger partial charge in [-0.05, 0) is 47.9 Å². The van der Waals surface area contributed by atoms with Crippen molar-refractivity contribution in [2.24, 2.45) is 0 Å². The van der Waals surface area contributed by atoms with Gasteiger partial charge in [-0.25, -0.2) is 4.98 Å². The molecular weight excluding hydrogens is 466 g/mol. The minimum Gasteiger partial charge on any atom is -0.378 e. The summed E-state index contributed by atoms with van der Waals surface area (Å²) in [5.74, 6) is 0.826. The second-order valence-corrected chi connectivity index (χ2v) is 9.56. The fourth-order valence-corrected chi connectivity index (χ4v) is 4.81. The second kappa shape index (κ2) is 9.59. The van der Waals surface area contributed by atoms with Crippen molar-refractivity contribution in [3.63, 3.8) is 0 Å². The van der Waals surface area contributed by atoms with Gasteiger partial charge in [0, 0.05) is 29.9 Å². The van der Waals surface area contributed by atoms with E-state index in [-0.39, 0.29) is 5.91 Å². The highest BCUT2D eigenvalue weighted by molar-refractivity contribution is 6.11. The lowest BCUT2D eigenvalue weighted by atomic mass is 10.0. The van der Waals surface area contributed by atoms with Crippen LogP contribution in [0.4, 0.5) is 23.0 Å². The first kappa shape index (κ1) is 23.1. The lowest BCUT2D eigenvalue weighted by Gasteiger charge is -2.30. The largest absolute Gasteiger partial charge is 0.378 e. The Hall–Kier alpha value is -4.37. The number of carbonyl (C=O) groups is 1. The lowest BCUT2D eigenvalue weighted by molar-refractivity contribution is 0.102. The zero-order valence-electron chi connectivity index (χ0n) is 20.8. The monoisotopic (exact) mass is 495 g/mol. The zero-order chi connectivity index (χ0) is 25.4. The molecule has 9 heteroatoms. The van der Waals surface area contributed by atoms with Crippen LogP contribution in [-0.2, 0) is 4.74 Å². The summed E-state index contributed by atoms with van der Waals surface area (Å²) in [4.78, 5) is 23.9. The van der Waals surface area contributed by atoms with Gasteiger partial charge in [0.1, 0.15) is 0 Å². The third-order valence-electron chi connectivity index (χ3n) is 6.73. The number of hydrogen-bond acceptors (Lipinski definition) is 6. The molecule has 0 spiro atoms. The van der Waals surface area contributed by atoms with E-state index in [1.54, 1.807) is 6.20 Å². The average Bonchev–Trinajstić information content (AvgIpc) is 3.54. The molecule has 188 valence electrons. The highest BCUT2D eigenvalue weighted by atomic mass is 16.5. The number of benzene rings is 3. The first-order valence-electron chi connectivity index (χ1n) is 12.5. The number of hydrogen-bond donors (Lipinski definition) is 4. The summed E-state index contributed by atoms with van der Waals surface area (Å²) >= 11 is 0. The van der Waals surface area contributed by atoms with Gasteiger partial charge in [-0.3, -0.25) is 9.89 Å². The van der Waals surface area contributed by atoms with Gasteiger partial charge in [0.15, 0.2) is 0 Å². The Morgan fingerprint density at radius 2 is 1.89 bits per heavy atom. The van der Waals surface area contributed by atoms with Crippen molar-refractivity contribution in [1.29, 1.82) is 0 Å². The third kappa shape index (κ3) is 4.61. The number of imidazole rings is 1. The fraction of sp³-hybridized carbons (Fsp3) is 0.250. The first-order valence-corrected chi connectivity index (χ1v) is 12.5. The van der Waals surface area contributed by atoms with E-state index in [9.17, 15) is 4.79 Å². The molecule has 1 aliphatic rings. The van der Waals surface area contributed by atoms with Crippen LogP contribution in [0.25, 0.3) is 21.9 Å². The maximum Gasteiger partial charge on any atom is 0.257 e. The normalized spacial score (nSPS) is 14.0. The fourth-order valence-electron chi connectivity index (χ4n) is 4.81. The number of carbonyl (C=O) groups excluding carboxylic acids is 1. The van der Waals surface area contributed by atoms with Crippen molar-refractivity contribution in [3.05, 3.63) is 71.9 Å². The average molecular weight is 496 g/mol. The Kier molecular flexibility index (Phi) is 5.97. The maximum absolute atomic E-state index is 13.6. The number of para-hydroxylation sites is 1. The number of amides is 1. The van der Waals surface area contributed by atoms with Crippen molar-refractivity contribution < 1.29 is 9.53 Å². The van der Waals surface area contributed by atoms with Gasteiger partial charge in [0.25, 0.3) is 5.91 Å². The molecule has 1 fully saturated rings. The van der Waals surface area contributed by atoms with E-state index in [1.807, 2.05) is 42.5 Å². The van der Waals surface area contributed by atoms with Crippen LogP contribution in [0.1, 0.15) is 35.7 Å². The Morgan fingerprint density at radius 3 is 2.73 bits per heavy atom. The van der Waals surface area contributed by atoms with Gasteiger partial charge in [-0.2, -0.15) is 5.10 Å². The number of H-pyrrole nitrogens is 2. The number of morpholine rings is 1. The van der Waals surface area contributed by atoms with E-state index in [1.165, 1.54) is 5.56 Å². The topological polar surface area (TPSA) is 111 Å². The number of nitrogens with one attached hydrogen (secondary N) is 4. The second-order valence-electron chi connectivity index (χ2n) is 9.56. The molecule has 5 aromatic rings. The van der Waals surface area contributed by atoms with E-state index in [2.05, 4.69) is 56.7 Å². The summed E-state index contributed by atoms with van der Waals surface area (Å²) in [5, 5.41) is 14.5. The van der Waals surface area contributed by atoms with Crippen molar-refractivity contribution in [2.45, 2.75) is 19.8 Å². The number of aromatic amines is 2. The van der Waals surface area contributed by atoms with E-state index in [4.69, 9.17) is 9.72 Å². The molecule has 0 bridgehead atoms. The molecule has 6 rings (SSSR count). The summed E-state index contributed by atoms with van der Waals surface area (Å²) < 4.78 is 5.56. The Balaban J connectivity index is 1.36. The van der Waals surface area contributed by atoms with E-state index >= 15 is 0 Å². The summed E-state index contributed by atoms with van der Waals surface area (Å²) in [6, 6.07) is 17.8. The summed E-state index contributed by atoms with van der Waals surface area (Å²) in [5.41, 5.74) is 6.80. The molecule has 0 atom stereocenters. The minimum absolute atomic E-state index is 0.184. The SMILES string of the molecule is CC(C)c1ccccc1Nc1nc2cc(N3CCOCC3)c(C(=O)Nc3ccc4cn[nH]c4c3)cc2[nH]1. The standard InChI is InChI=1S/C28H29N7O2/c1-17(2)20-5-3-4-6-22(20)31-28-32-24-14-21(26(15-25(24)33-28)35-9-11-37-12-10-35)27(36)30-19-8-7-18-16-29-34-23(18)13-19/h3-8,13-17H,9-12H2,1-2H3,(H,29,34)(H,30,36)(H2,31,32,33). The van der Waals surface area contributed by atoms with Crippen LogP contribution in [0.2, 0.25) is 0 Å². The third-order valence-corrected chi connectivity index (χ3v) is 6.73. The number of nitrogens with zero attached hydrogens (tertiary/aromatic N) is 3. The zero-order valence-corrected chi connectivity index (χ0v) is 20.8. The highest BCUT2D eigenvalue weighted by Gasteiger charge is 2.22. The van der Waals surface area contributed by atoms with Crippen LogP contribution in [0, 0.1) is 0 Å². The van der Waals surface area contributed by atoms with Gasteiger partial charge in [0.2, 0.25) is 5.95 Å². The molecule has 0 aliphatic carbocycles. The first-order chi connectivity index (χ1) is 18.0. The van der Waals surface area contributed by atoms with Crippen LogP contribution < -0.4 is 15.5 Å². The molecule has 2 aromatic heterocycles. The molecule has 0 radical (unpaired) electrons. The van der Waals surface area contributed by atoms with Crippen LogP contribution in [-0.4, -0.2) is 52.4 Å². The smallest absolute Gasteiger partial charge is 0.257 e. The highest BCUT2D eigenvalue weighted by Crippen LogP contribution is 2.31. The van der Waals surface area contributed by atoms with Crippen LogP contribution >= 0.6 is 0 Å². The number of anilines is 4. The number of rotatable bonds is 6. The van der Waals surface area contributed by atoms with Crippen LogP contribution in [0.5, 0.6) is 0 Å². The molecule has 37 heavy (non-hydrogen) atoms. The van der Waals surface area contributed by atoms with Crippen molar-refractivity contribution in [3.8, 4) is 0 Å². The van der Waals surface area contributed by atoms with Crippen molar-refractivity contribution >= 4 is 50.9 Å². The number of aromatic nitrogens is 4. The van der Waals surface area contributed by atoms with Crippen molar-refractivity contribution in [1.82, 2.24) is 20.2 Å². The van der Waals surface area contributed by atoms with E-state index in [0.717, 1.165) is 33.3 Å². The Labute approximate surface area is 214 Å². The predicted molar refractivity (Wildman–Crippen MR) is 147 cm³/mol. The molecule has 0 saturated carbocycles. The molecule has 1 saturated heterocycles. The van der Waals surface area contributed by atoms with Gasteiger partial charge in [-0.1, -0.05) is 32.0 Å². The van der Waals surface area contributed by atoms with Gasteiger partial charge < -0.3 is 25.3 Å². The minimum atomic E-state index is -0.184. The van der Waals surface area contributed by atoms with Gasteiger partial charge in [-0.15, -0.1) is 0 Å². The maximum atomic E-state index is 13.6. The summed E-state index contributed by atoms with van der Waals surface area (Å²) in [6.07, 6.45) is 1.76. The molecule has 9 nitrogen and oxygen atoms in total. The van der Waals surface area contributed by atoms with Crippen molar-refractivity contribution in [2.75, 3.05) is 41.8 Å². The summed E-state index contributed by atoms with van der Waals surface area (Å²) in [6.45, 7) is 7.00. The molecule has 3 heterocycles. The number of ether oxygens (including phenoxy) is 1. The summed E-state index contributed by atoms with van der Waals surface area (Å²) in [7, 11) is 0. The number of fused-ring (bicyclic) bond motifs is 2. The predicted octanol–water partition coefficient (Wildman–Crippen LogP) is 5.40. The van der Waals surface area contributed by atoms with Crippen LogP contribution in [0.15, 0.2) is 60.8 Å². The molecular formula is C28H29N7O2. The lowest BCUT2D eigenvalue weighted by Crippen LogP contribution is -2.37. The molecule has 1 aliphatic heterocycles. The molecule has 4 N–H and O–H groups in total. The Morgan fingerprint density at radius 1 is 1.05 bits per heavy atom. The van der Waals surface area contributed by atoms with Gasteiger partial charge in [0.05, 0.1) is 47.2 Å². The van der Waals surface area contributed by atoms with Gasteiger partial charge >= 0.3 is 0 Å². The van der Waals surface area contributed by atoms with E-state index in [0.29, 0.717) is 49.4 Å². The molecule has 1 amide bonds.